The van der Waals surface area contributed by atoms with Gasteiger partial charge < -0.3 is 4.74 Å². The van der Waals surface area contributed by atoms with Crippen LogP contribution in [0.4, 0.5) is 13.2 Å². The molecule has 0 aliphatic heterocycles. The lowest BCUT2D eigenvalue weighted by atomic mass is 9.77. The highest BCUT2D eigenvalue weighted by Crippen LogP contribution is 2.36. The summed E-state index contributed by atoms with van der Waals surface area (Å²) in [6.07, 6.45) is 0. The van der Waals surface area contributed by atoms with Gasteiger partial charge >= 0.3 is 0 Å². The fraction of sp³-hybridized carbons (Fsp3) is 0.333. The van der Waals surface area contributed by atoms with Crippen LogP contribution < -0.4 is 4.74 Å². The largest absolute Gasteiger partial charge is 0.487 e. The van der Waals surface area contributed by atoms with E-state index in [1.54, 1.807) is 0 Å². The summed E-state index contributed by atoms with van der Waals surface area (Å²) >= 11 is 0. The molecule has 0 bridgehead atoms. The van der Waals surface area contributed by atoms with E-state index in [0.717, 1.165) is 5.56 Å². The Balaban J connectivity index is 2.23. The molecule has 0 saturated carbocycles. The van der Waals surface area contributed by atoms with Crippen molar-refractivity contribution in [1.82, 2.24) is 0 Å². The van der Waals surface area contributed by atoms with E-state index in [-0.39, 0.29) is 17.9 Å². The lowest BCUT2D eigenvalue weighted by Gasteiger charge is -2.31. The maximum atomic E-state index is 13.7. The molecule has 0 aliphatic carbocycles. The summed E-state index contributed by atoms with van der Waals surface area (Å²) in [4.78, 5) is 0. The zero-order chi connectivity index (χ0) is 16.3. The predicted molar refractivity (Wildman–Crippen MR) is 80.4 cm³/mol. The van der Waals surface area contributed by atoms with Crippen molar-refractivity contribution >= 4 is 0 Å². The molecule has 1 unspecified atom stereocenters. The SMILES string of the molecule is CC(C)(C)C(COc1c(F)cc(F)cc1F)c1ccccc1. The monoisotopic (exact) mass is 308 g/mol. The summed E-state index contributed by atoms with van der Waals surface area (Å²) in [6, 6.07) is 10.9. The Morgan fingerprint density at radius 1 is 0.955 bits per heavy atom. The second-order valence-electron chi connectivity index (χ2n) is 6.34. The number of rotatable bonds is 4. The van der Waals surface area contributed by atoms with Crippen molar-refractivity contribution in [2.24, 2.45) is 5.41 Å². The van der Waals surface area contributed by atoms with E-state index in [0.29, 0.717) is 12.1 Å². The van der Waals surface area contributed by atoms with Crippen LogP contribution in [-0.4, -0.2) is 6.61 Å². The first-order valence-corrected chi connectivity index (χ1v) is 7.11. The topological polar surface area (TPSA) is 9.23 Å². The maximum Gasteiger partial charge on any atom is 0.190 e. The Kier molecular flexibility index (Phi) is 4.79. The van der Waals surface area contributed by atoms with Gasteiger partial charge in [-0.3, -0.25) is 0 Å². The molecule has 4 heteroatoms. The van der Waals surface area contributed by atoms with Gasteiger partial charge in [0, 0.05) is 18.1 Å². The van der Waals surface area contributed by atoms with E-state index in [9.17, 15) is 13.2 Å². The molecule has 0 spiro atoms. The summed E-state index contributed by atoms with van der Waals surface area (Å²) < 4.78 is 45.6. The van der Waals surface area contributed by atoms with Crippen molar-refractivity contribution in [1.29, 1.82) is 0 Å². The van der Waals surface area contributed by atoms with Crippen LogP contribution >= 0.6 is 0 Å². The van der Waals surface area contributed by atoms with Gasteiger partial charge in [-0.25, -0.2) is 13.2 Å². The van der Waals surface area contributed by atoms with Crippen molar-refractivity contribution in [2.75, 3.05) is 6.61 Å². The fourth-order valence-electron chi connectivity index (χ4n) is 2.37. The van der Waals surface area contributed by atoms with Crippen LogP contribution in [0.1, 0.15) is 32.3 Å². The molecule has 0 aliphatic rings. The minimum atomic E-state index is -1.03. The summed E-state index contributed by atoms with van der Waals surface area (Å²) in [7, 11) is 0. The van der Waals surface area contributed by atoms with E-state index in [2.05, 4.69) is 0 Å². The Labute approximate surface area is 128 Å². The molecule has 0 aromatic heterocycles. The number of ether oxygens (including phenoxy) is 1. The van der Waals surface area contributed by atoms with Gasteiger partial charge in [0.15, 0.2) is 17.4 Å². The average molecular weight is 308 g/mol. The zero-order valence-corrected chi connectivity index (χ0v) is 12.9. The molecule has 0 fully saturated rings. The van der Waals surface area contributed by atoms with Crippen LogP contribution in [0.15, 0.2) is 42.5 Å². The first-order valence-electron chi connectivity index (χ1n) is 7.11. The maximum absolute atomic E-state index is 13.7. The third-order valence-corrected chi connectivity index (χ3v) is 3.60. The van der Waals surface area contributed by atoms with E-state index in [1.165, 1.54) is 0 Å². The van der Waals surface area contributed by atoms with Gasteiger partial charge in [0.2, 0.25) is 0 Å². The standard InChI is InChI=1S/C18H19F3O/c1-18(2,3)14(12-7-5-4-6-8-12)11-22-17-15(20)9-13(19)10-16(17)21/h4-10,14H,11H2,1-3H3. The molecular formula is C18H19F3O. The minimum Gasteiger partial charge on any atom is -0.487 e. The molecule has 0 radical (unpaired) electrons. The summed E-state index contributed by atoms with van der Waals surface area (Å²) in [6.45, 7) is 6.20. The van der Waals surface area contributed by atoms with Crippen molar-refractivity contribution in [3.05, 3.63) is 65.5 Å². The van der Waals surface area contributed by atoms with Crippen molar-refractivity contribution in [3.8, 4) is 5.75 Å². The molecule has 1 atom stereocenters. The van der Waals surface area contributed by atoms with Gasteiger partial charge in [-0.2, -0.15) is 0 Å². The van der Waals surface area contributed by atoms with Crippen LogP contribution in [0.3, 0.4) is 0 Å². The molecule has 0 amide bonds. The Bertz CT molecular complexity index is 610. The second-order valence-corrected chi connectivity index (χ2v) is 6.34. The van der Waals surface area contributed by atoms with Crippen LogP contribution in [0.5, 0.6) is 5.75 Å². The van der Waals surface area contributed by atoms with Crippen LogP contribution in [0.25, 0.3) is 0 Å². The third kappa shape index (κ3) is 3.81. The van der Waals surface area contributed by atoms with E-state index in [4.69, 9.17) is 4.74 Å². The molecular weight excluding hydrogens is 289 g/mol. The molecule has 0 N–H and O–H groups in total. The Morgan fingerprint density at radius 3 is 2.00 bits per heavy atom. The molecule has 22 heavy (non-hydrogen) atoms. The quantitative estimate of drug-likeness (QED) is 0.743. The van der Waals surface area contributed by atoms with Gasteiger partial charge in [-0.15, -0.1) is 0 Å². The van der Waals surface area contributed by atoms with Gasteiger partial charge in [-0.05, 0) is 11.0 Å². The first-order chi connectivity index (χ1) is 10.3. The molecule has 0 heterocycles. The lowest BCUT2D eigenvalue weighted by molar-refractivity contribution is 0.191. The first kappa shape index (κ1) is 16.4. The van der Waals surface area contributed by atoms with Crippen LogP contribution in [-0.2, 0) is 0 Å². The van der Waals surface area contributed by atoms with Gasteiger partial charge in [-0.1, -0.05) is 51.1 Å². The normalized spacial score (nSPS) is 13.0. The summed E-state index contributed by atoms with van der Waals surface area (Å²) in [5, 5.41) is 0. The van der Waals surface area contributed by atoms with Crippen molar-refractivity contribution < 1.29 is 17.9 Å². The van der Waals surface area contributed by atoms with Crippen LogP contribution in [0.2, 0.25) is 0 Å². The highest BCUT2D eigenvalue weighted by atomic mass is 19.1. The molecule has 118 valence electrons. The third-order valence-electron chi connectivity index (χ3n) is 3.60. The number of hydrogen-bond acceptors (Lipinski definition) is 1. The van der Waals surface area contributed by atoms with Gasteiger partial charge in [0.1, 0.15) is 5.82 Å². The fourth-order valence-corrected chi connectivity index (χ4v) is 2.37. The Hall–Kier alpha value is -1.97. The van der Waals surface area contributed by atoms with E-state index < -0.39 is 23.2 Å². The average Bonchev–Trinajstić information content (AvgIpc) is 2.41. The second kappa shape index (κ2) is 6.42. The molecule has 2 aromatic rings. The summed E-state index contributed by atoms with van der Waals surface area (Å²) in [5.41, 5.74) is 0.867. The number of halogens is 3. The number of hydrogen-bond donors (Lipinski definition) is 0. The lowest BCUT2D eigenvalue weighted by Crippen LogP contribution is -2.25. The molecule has 2 rings (SSSR count). The highest BCUT2D eigenvalue weighted by Gasteiger charge is 2.27. The van der Waals surface area contributed by atoms with E-state index >= 15 is 0 Å². The smallest absolute Gasteiger partial charge is 0.190 e. The zero-order valence-electron chi connectivity index (χ0n) is 12.9. The van der Waals surface area contributed by atoms with Gasteiger partial charge in [0.05, 0.1) is 6.61 Å². The van der Waals surface area contributed by atoms with Crippen molar-refractivity contribution in [2.45, 2.75) is 26.7 Å². The summed E-state index contributed by atoms with van der Waals surface area (Å²) in [5.74, 6) is -3.61. The van der Waals surface area contributed by atoms with E-state index in [1.807, 2.05) is 51.1 Å². The molecule has 2 aromatic carbocycles. The Morgan fingerprint density at radius 2 is 1.50 bits per heavy atom. The van der Waals surface area contributed by atoms with Gasteiger partial charge in [0.25, 0.3) is 0 Å². The minimum absolute atomic E-state index is 0.0578. The number of benzene rings is 2. The highest BCUT2D eigenvalue weighted by molar-refractivity contribution is 5.28. The molecule has 1 nitrogen and oxygen atoms in total. The molecule has 0 saturated heterocycles. The van der Waals surface area contributed by atoms with Crippen LogP contribution in [0, 0.1) is 22.9 Å². The van der Waals surface area contributed by atoms with Crippen molar-refractivity contribution in [3.63, 3.8) is 0 Å². The predicted octanol–water partition coefficient (Wildman–Crippen LogP) is 5.31.